The van der Waals surface area contributed by atoms with Gasteiger partial charge in [-0.15, -0.1) is 0 Å². The van der Waals surface area contributed by atoms with Gasteiger partial charge in [0.05, 0.1) is 0 Å². The van der Waals surface area contributed by atoms with E-state index in [1.54, 1.807) is 0 Å². The summed E-state index contributed by atoms with van der Waals surface area (Å²) in [5.74, 6) is -1.48. The molecule has 0 N–H and O–H groups in total. The van der Waals surface area contributed by atoms with Gasteiger partial charge in [-0.05, 0) is 42.6 Å². The van der Waals surface area contributed by atoms with Crippen LogP contribution in [0.15, 0.2) is 0 Å². The highest BCUT2D eigenvalue weighted by atomic mass is 19.3. The molecule has 2 fully saturated rings. The van der Waals surface area contributed by atoms with E-state index in [4.69, 9.17) is 0 Å². The van der Waals surface area contributed by atoms with Gasteiger partial charge < -0.3 is 4.90 Å². The predicted octanol–water partition coefficient (Wildman–Crippen LogP) is 4.81. The van der Waals surface area contributed by atoms with E-state index in [0.29, 0.717) is 11.5 Å². The van der Waals surface area contributed by atoms with Gasteiger partial charge in [-0.1, -0.05) is 34.6 Å². The molecule has 118 valence electrons. The summed E-state index contributed by atoms with van der Waals surface area (Å²) in [5, 5.41) is 0. The van der Waals surface area contributed by atoms with Gasteiger partial charge in [-0.2, -0.15) is 0 Å². The monoisotopic (exact) mass is 287 g/mol. The predicted molar refractivity (Wildman–Crippen MR) is 80.0 cm³/mol. The van der Waals surface area contributed by atoms with Crippen LogP contribution in [0.25, 0.3) is 0 Å². The van der Waals surface area contributed by atoms with Crippen molar-refractivity contribution in [3.05, 3.63) is 0 Å². The smallest absolute Gasteiger partial charge is 0.248 e. The normalized spacial score (nSPS) is 32.4. The van der Waals surface area contributed by atoms with E-state index in [1.807, 2.05) is 0 Å². The average Bonchev–Trinajstić information content (AvgIpc) is 2.55. The third-order valence-electron chi connectivity index (χ3n) is 5.87. The minimum absolute atomic E-state index is 0.0351. The highest BCUT2D eigenvalue weighted by molar-refractivity contribution is 4.98. The molecule has 2 aliphatic rings. The van der Waals surface area contributed by atoms with E-state index in [9.17, 15) is 8.78 Å². The van der Waals surface area contributed by atoms with E-state index in [0.717, 1.165) is 18.9 Å². The maximum Gasteiger partial charge on any atom is 0.248 e. The van der Waals surface area contributed by atoms with Gasteiger partial charge >= 0.3 is 0 Å². The molecule has 1 nitrogen and oxygen atoms in total. The number of halogens is 2. The van der Waals surface area contributed by atoms with Gasteiger partial charge in [0.25, 0.3) is 0 Å². The number of alkyl halides is 2. The van der Waals surface area contributed by atoms with Gasteiger partial charge in [-0.3, -0.25) is 0 Å². The van der Waals surface area contributed by atoms with Crippen molar-refractivity contribution in [1.29, 1.82) is 0 Å². The Balaban J connectivity index is 1.93. The van der Waals surface area contributed by atoms with Crippen LogP contribution in [0.3, 0.4) is 0 Å². The van der Waals surface area contributed by atoms with Crippen molar-refractivity contribution in [2.24, 2.45) is 22.7 Å². The summed E-state index contributed by atoms with van der Waals surface area (Å²) in [6.45, 7) is 12.4. The minimum Gasteiger partial charge on any atom is -0.303 e. The molecule has 0 spiro atoms. The van der Waals surface area contributed by atoms with E-state index in [1.165, 1.54) is 6.42 Å². The molecule has 0 aromatic carbocycles. The fourth-order valence-electron chi connectivity index (χ4n) is 3.93. The van der Waals surface area contributed by atoms with Crippen LogP contribution in [0, 0.1) is 22.7 Å². The third-order valence-corrected chi connectivity index (χ3v) is 5.87. The molecule has 0 bridgehead atoms. The van der Waals surface area contributed by atoms with E-state index >= 15 is 0 Å². The van der Waals surface area contributed by atoms with Crippen molar-refractivity contribution in [3.63, 3.8) is 0 Å². The number of likely N-dealkylation sites (tertiary alicyclic amines) is 1. The first kappa shape index (κ1) is 16.2. The molecular formula is C17H31F2N. The van der Waals surface area contributed by atoms with Gasteiger partial charge in [-0.25, -0.2) is 8.78 Å². The fourth-order valence-corrected chi connectivity index (χ4v) is 3.93. The molecule has 1 aliphatic heterocycles. The molecule has 1 aliphatic carbocycles. The Morgan fingerprint density at radius 1 is 1.05 bits per heavy atom. The molecule has 1 saturated heterocycles. The van der Waals surface area contributed by atoms with Gasteiger partial charge in [0.2, 0.25) is 5.92 Å². The molecule has 20 heavy (non-hydrogen) atoms. The second-order valence-corrected chi connectivity index (χ2v) is 9.05. The Kier molecular flexibility index (Phi) is 3.99. The van der Waals surface area contributed by atoms with Crippen LogP contribution in [0.5, 0.6) is 0 Å². The summed E-state index contributed by atoms with van der Waals surface area (Å²) in [5.41, 5.74) is 0.379. The Morgan fingerprint density at radius 3 is 2.00 bits per heavy atom. The molecule has 0 aromatic heterocycles. The maximum absolute atomic E-state index is 13.1. The molecule has 2 unspecified atom stereocenters. The van der Waals surface area contributed by atoms with Crippen molar-refractivity contribution in [3.8, 4) is 0 Å². The van der Waals surface area contributed by atoms with Crippen LogP contribution >= 0.6 is 0 Å². The molecule has 0 amide bonds. The van der Waals surface area contributed by atoms with Crippen molar-refractivity contribution < 1.29 is 8.78 Å². The lowest BCUT2D eigenvalue weighted by atomic mass is 9.62. The lowest BCUT2D eigenvalue weighted by Crippen LogP contribution is -2.45. The highest BCUT2D eigenvalue weighted by Gasteiger charge is 2.52. The van der Waals surface area contributed by atoms with Crippen LogP contribution in [-0.4, -0.2) is 30.5 Å². The van der Waals surface area contributed by atoms with Crippen LogP contribution in [0.1, 0.15) is 60.3 Å². The lowest BCUT2D eigenvalue weighted by Gasteiger charge is -2.46. The summed E-state index contributed by atoms with van der Waals surface area (Å²) in [6.07, 6.45) is 2.46. The molecule has 0 radical (unpaired) electrons. The standard InChI is InChI=1S/C17H31F2N/c1-15(2,3)12-7-14(20(6)11-12)10-16(4,5)13-8-17(18,19)9-13/h12-14H,7-11H2,1-6H3. The van der Waals surface area contributed by atoms with Crippen LogP contribution < -0.4 is 0 Å². The molecule has 2 atom stereocenters. The SMILES string of the molecule is CN1CC(C(C)(C)C)CC1CC(C)(C)C1CC(F)(F)C1. The summed E-state index contributed by atoms with van der Waals surface area (Å²) >= 11 is 0. The Hall–Kier alpha value is -0.180. The summed E-state index contributed by atoms with van der Waals surface area (Å²) in [7, 11) is 2.20. The van der Waals surface area contributed by atoms with Gasteiger partial charge in [0.15, 0.2) is 0 Å². The topological polar surface area (TPSA) is 3.24 Å². The number of nitrogens with zero attached hydrogens (tertiary/aromatic N) is 1. The van der Waals surface area contributed by atoms with Crippen molar-refractivity contribution >= 4 is 0 Å². The second-order valence-electron chi connectivity index (χ2n) is 9.05. The number of rotatable bonds is 3. The zero-order chi connectivity index (χ0) is 15.3. The van der Waals surface area contributed by atoms with E-state index in [2.05, 4.69) is 46.6 Å². The average molecular weight is 287 g/mol. The third kappa shape index (κ3) is 3.35. The van der Waals surface area contributed by atoms with Gasteiger partial charge in [0.1, 0.15) is 0 Å². The first-order valence-electron chi connectivity index (χ1n) is 7.99. The Morgan fingerprint density at radius 2 is 1.60 bits per heavy atom. The van der Waals surface area contributed by atoms with Crippen LogP contribution in [-0.2, 0) is 0 Å². The first-order valence-corrected chi connectivity index (χ1v) is 7.99. The summed E-state index contributed by atoms with van der Waals surface area (Å²) in [6, 6.07) is 0.559. The zero-order valence-electron chi connectivity index (χ0n) is 14.0. The Bertz CT molecular complexity index is 348. The minimum atomic E-state index is -2.39. The van der Waals surface area contributed by atoms with Crippen molar-refractivity contribution in [2.45, 2.75) is 72.3 Å². The molecule has 1 heterocycles. The largest absolute Gasteiger partial charge is 0.303 e. The zero-order valence-corrected chi connectivity index (χ0v) is 14.0. The maximum atomic E-state index is 13.1. The molecule has 1 saturated carbocycles. The highest BCUT2D eigenvalue weighted by Crippen LogP contribution is 2.53. The molecular weight excluding hydrogens is 256 g/mol. The quantitative estimate of drug-likeness (QED) is 0.719. The first-order chi connectivity index (χ1) is 8.91. The van der Waals surface area contributed by atoms with Crippen molar-refractivity contribution in [1.82, 2.24) is 4.90 Å². The molecule has 2 rings (SSSR count). The van der Waals surface area contributed by atoms with E-state index < -0.39 is 5.92 Å². The van der Waals surface area contributed by atoms with Gasteiger partial charge in [0, 0.05) is 25.4 Å². The Labute approximate surface area is 123 Å². The van der Waals surface area contributed by atoms with Crippen LogP contribution in [0.4, 0.5) is 8.78 Å². The lowest BCUT2D eigenvalue weighted by molar-refractivity contribution is -0.145. The molecule has 0 aromatic rings. The summed E-state index contributed by atoms with van der Waals surface area (Å²) in [4.78, 5) is 2.45. The molecule has 3 heteroatoms. The fraction of sp³-hybridized carbons (Fsp3) is 1.00. The van der Waals surface area contributed by atoms with E-state index in [-0.39, 0.29) is 24.2 Å². The number of hydrogen-bond donors (Lipinski definition) is 0. The number of hydrogen-bond acceptors (Lipinski definition) is 1. The second kappa shape index (κ2) is 4.93. The van der Waals surface area contributed by atoms with Crippen molar-refractivity contribution in [2.75, 3.05) is 13.6 Å². The van der Waals surface area contributed by atoms with Crippen LogP contribution in [0.2, 0.25) is 0 Å². The summed E-state index contributed by atoms with van der Waals surface area (Å²) < 4.78 is 26.2.